The van der Waals surface area contributed by atoms with Crippen molar-refractivity contribution < 1.29 is 4.74 Å². The van der Waals surface area contributed by atoms with Crippen molar-refractivity contribution in [2.45, 2.75) is 12.5 Å². The Hall–Kier alpha value is -2.46. The Balaban J connectivity index is 1.80. The summed E-state index contributed by atoms with van der Waals surface area (Å²) in [6.07, 6.45) is 0.820. The van der Waals surface area contributed by atoms with Gasteiger partial charge in [0.05, 0.1) is 12.8 Å². The summed E-state index contributed by atoms with van der Waals surface area (Å²) in [6, 6.07) is 22.2. The number of azo groups is 1. The van der Waals surface area contributed by atoms with Gasteiger partial charge in [0.15, 0.2) is 0 Å². The van der Waals surface area contributed by atoms with E-state index in [4.69, 9.17) is 4.74 Å². The quantitative estimate of drug-likeness (QED) is 0.526. The van der Waals surface area contributed by atoms with Gasteiger partial charge in [-0.3, -0.25) is 0 Å². The number of hydrogen-bond donors (Lipinski definition) is 0. The topological polar surface area (TPSA) is 34.0 Å². The maximum absolute atomic E-state index is 5.21. The number of benzene rings is 2. The van der Waals surface area contributed by atoms with Gasteiger partial charge in [0.2, 0.25) is 0 Å². The zero-order valence-electron chi connectivity index (χ0n) is 12.9. The molecule has 23 heavy (non-hydrogen) atoms. The van der Waals surface area contributed by atoms with Gasteiger partial charge in [0.1, 0.15) is 11.8 Å². The van der Waals surface area contributed by atoms with Crippen LogP contribution in [0.25, 0.3) is 0 Å². The second kappa shape index (κ2) is 7.70. The molecule has 0 spiro atoms. The standard InChI is InChI=1S/C19H18N2OS/c1-22-17-11-9-15(10-12-17)14-18(19-8-5-13-23-19)21-20-16-6-3-2-4-7-16/h2-13,18H,14H2,1H3. The molecule has 0 amide bonds. The van der Waals surface area contributed by atoms with Crippen LogP contribution in [0, 0.1) is 0 Å². The van der Waals surface area contributed by atoms with Crippen LogP contribution in [0.1, 0.15) is 16.5 Å². The van der Waals surface area contributed by atoms with Crippen molar-refractivity contribution in [2.75, 3.05) is 7.11 Å². The number of methoxy groups -OCH3 is 1. The van der Waals surface area contributed by atoms with Crippen molar-refractivity contribution in [2.24, 2.45) is 10.2 Å². The van der Waals surface area contributed by atoms with Gasteiger partial charge in [0, 0.05) is 11.3 Å². The molecule has 4 heteroatoms. The molecule has 3 rings (SSSR count). The van der Waals surface area contributed by atoms with Crippen LogP contribution < -0.4 is 4.74 Å². The van der Waals surface area contributed by atoms with Gasteiger partial charge >= 0.3 is 0 Å². The van der Waals surface area contributed by atoms with Crippen LogP contribution >= 0.6 is 11.3 Å². The van der Waals surface area contributed by atoms with E-state index in [0.29, 0.717) is 0 Å². The summed E-state index contributed by atoms with van der Waals surface area (Å²) in [5, 5.41) is 11.1. The van der Waals surface area contributed by atoms with Crippen LogP contribution in [0.5, 0.6) is 5.75 Å². The zero-order chi connectivity index (χ0) is 15.9. The highest BCUT2D eigenvalue weighted by Gasteiger charge is 2.13. The lowest BCUT2D eigenvalue weighted by atomic mass is 10.1. The molecule has 0 bridgehead atoms. The van der Waals surface area contributed by atoms with Crippen molar-refractivity contribution in [1.82, 2.24) is 0 Å². The fraction of sp³-hybridized carbons (Fsp3) is 0.158. The molecule has 0 saturated carbocycles. The lowest BCUT2D eigenvalue weighted by molar-refractivity contribution is 0.414. The van der Waals surface area contributed by atoms with E-state index < -0.39 is 0 Å². The van der Waals surface area contributed by atoms with Gasteiger partial charge in [0.25, 0.3) is 0 Å². The molecule has 0 aliphatic heterocycles. The third-order valence-electron chi connectivity index (χ3n) is 3.53. The largest absolute Gasteiger partial charge is 0.497 e. The summed E-state index contributed by atoms with van der Waals surface area (Å²) in [5.74, 6) is 0.868. The second-order valence-corrected chi connectivity index (χ2v) is 6.11. The fourth-order valence-corrected chi connectivity index (χ4v) is 3.05. The summed E-state index contributed by atoms with van der Waals surface area (Å²) in [6.45, 7) is 0. The molecule has 3 nitrogen and oxygen atoms in total. The molecule has 1 heterocycles. The zero-order valence-corrected chi connectivity index (χ0v) is 13.7. The highest BCUT2D eigenvalue weighted by atomic mass is 32.1. The van der Waals surface area contributed by atoms with Crippen LogP contribution in [0.4, 0.5) is 5.69 Å². The molecule has 3 aromatic rings. The number of hydrogen-bond acceptors (Lipinski definition) is 4. The SMILES string of the molecule is COc1ccc(CC(N=Nc2ccccc2)c2cccs2)cc1. The van der Waals surface area contributed by atoms with Gasteiger partial charge in [-0.05, 0) is 41.3 Å². The van der Waals surface area contributed by atoms with Crippen LogP contribution in [0.15, 0.2) is 82.3 Å². The van der Waals surface area contributed by atoms with Crippen LogP contribution in [0.3, 0.4) is 0 Å². The summed E-state index contributed by atoms with van der Waals surface area (Å²) in [4.78, 5) is 1.22. The van der Waals surface area contributed by atoms with Gasteiger partial charge in [-0.15, -0.1) is 11.3 Å². The van der Waals surface area contributed by atoms with E-state index >= 15 is 0 Å². The lowest BCUT2D eigenvalue weighted by Gasteiger charge is -2.10. The van der Waals surface area contributed by atoms with E-state index in [2.05, 4.69) is 39.9 Å². The van der Waals surface area contributed by atoms with Gasteiger partial charge in [-0.25, -0.2) is 0 Å². The van der Waals surface area contributed by atoms with Gasteiger partial charge in [-0.1, -0.05) is 36.4 Å². The number of thiophene rings is 1. The lowest BCUT2D eigenvalue weighted by Crippen LogP contribution is -1.97. The first-order chi connectivity index (χ1) is 11.3. The van der Waals surface area contributed by atoms with Crippen LogP contribution in [0.2, 0.25) is 0 Å². The van der Waals surface area contributed by atoms with Gasteiger partial charge < -0.3 is 4.74 Å². The minimum Gasteiger partial charge on any atom is -0.497 e. The number of nitrogens with zero attached hydrogens (tertiary/aromatic N) is 2. The molecule has 116 valence electrons. The molecule has 1 atom stereocenters. The third kappa shape index (κ3) is 4.27. The molecular weight excluding hydrogens is 304 g/mol. The smallest absolute Gasteiger partial charge is 0.118 e. The summed E-state index contributed by atoms with van der Waals surface area (Å²) in [5.41, 5.74) is 2.10. The maximum atomic E-state index is 5.21. The molecule has 1 unspecified atom stereocenters. The Kier molecular flexibility index (Phi) is 5.17. The molecule has 0 N–H and O–H groups in total. The summed E-state index contributed by atoms with van der Waals surface area (Å²) < 4.78 is 5.21. The molecule has 0 saturated heterocycles. The minimum atomic E-state index is 0.0311. The van der Waals surface area contributed by atoms with E-state index in [0.717, 1.165) is 17.9 Å². The van der Waals surface area contributed by atoms with Crippen molar-refractivity contribution in [3.05, 3.63) is 82.6 Å². The first-order valence-corrected chi connectivity index (χ1v) is 8.35. The van der Waals surface area contributed by atoms with E-state index in [-0.39, 0.29) is 6.04 Å². The van der Waals surface area contributed by atoms with E-state index in [1.165, 1.54) is 10.4 Å². The van der Waals surface area contributed by atoms with Gasteiger partial charge in [-0.2, -0.15) is 10.2 Å². The highest BCUT2D eigenvalue weighted by molar-refractivity contribution is 7.10. The molecule has 1 aromatic heterocycles. The Morgan fingerprint density at radius 2 is 1.74 bits per heavy atom. The number of rotatable bonds is 6. The van der Waals surface area contributed by atoms with Crippen molar-refractivity contribution >= 4 is 17.0 Å². The van der Waals surface area contributed by atoms with E-state index in [1.807, 2.05) is 42.5 Å². The Labute approximate surface area is 140 Å². The van der Waals surface area contributed by atoms with Crippen molar-refractivity contribution in [3.8, 4) is 5.75 Å². The maximum Gasteiger partial charge on any atom is 0.118 e. The fourth-order valence-electron chi connectivity index (χ4n) is 2.30. The Morgan fingerprint density at radius 3 is 2.39 bits per heavy atom. The predicted molar refractivity (Wildman–Crippen MR) is 94.7 cm³/mol. The number of ether oxygens (including phenoxy) is 1. The monoisotopic (exact) mass is 322 g/mol. The highest BCUT2D eigenvalue weighted by Crippen LogP contribution is 2.28. The average molecular weight is 322 g/mol. The third-order valence-corrected chi connectivity index (χ3v) is 4.50. The predicted octanol–water partition coefficient (Wildman–Crippen LogP) is 5.82. The van der Waals surface area contributed by atoms with Crippen LogP contribution in [-0.2, 0) is 6.42 Å². The first-order valence-electron chi connectivity index (χ1n) is 7.47. The first kappa shape index (κ1) is 15.4. The minimum absolute atomic E-state index is 0.0311. The Morgan fingerprint density at radius 1 is 0.957 bits per heavy atom. The normalized spacial score (nSPS) is 12.4. The second-order valence-electron chi connectivity index (χ2n) is 5.13. The Bertz CT molecular complexity index is 737. The van der Waals surface area contributed by atoms with Crippen molar-refractivity contribution in [3.63, 3.8) is 0 Å². The average Bonchev–Trinajstić information content (AvgIpc) is 3.14. The van der Waals surface area contributed by atoms with Crippen LogP contribution in [-0.4, -0.2) is 7.11 Å². The molecular formula is C19H18N2OS. The van der Waals surface area contributed by atoms with E-state index in [9.17, 15) is 0 Å². The molecule has 2 aromatic carbocycles. The summed E-state index contributed by atoms with van der Waals surface area (Å²) in [7, 11) is 1.68. The summed E-state index contributed by atoms with van der Waals surface area (Å²) >= 11 is 1.71. The van der Waals surface area contributed by atoms with E-state index in [1.54, 1.807) is 18.4 Å². The van der Waals surface area contributed by atoms with Crippen molar-refractivity contribution in [1.29, 1.82) is 0 Å². The molecule has 0 fully saturated rings. The molecule has 0 radical (unpaired) electrons. The molecule has 0 aliphatic rings. The molecule has 0 aliphatic carbocycles.